The van der Waals surface area contributed by atoms with Crippen molar-refractivity contribution in [3.63, 3.8) is 0 Å². The second-order valence-electron chi connectivity index (χ2n) is 18.1. The largest absolute Gasteiger partial charge is 0.465 e. The second kappa shape index (κ2) is 41.9. The number of carbonyl (C=O) groups is 5. The van der Waals surface area contributed by atoms with Crippen LogP contribution in [-0.2, 0) is 47.7 Å². The fourth-order valence-corrected chi connectivity index (χ4v) is 7.75. The molecule has 12 heteroatoms. The van der Waals surface area contributed by atoms with E-state index in [1.165, 1.54) is 44.9 Å². The minimum absolute atomic E-state index is 0.0138. The van der Waals surface area contributed by atoms with Crippen molar-refractivity contribution in [3.05, 3.63) is 0 Å². The molecule has 0 aliphatic heterocycles. The van der Waals surface area contributed by atoms with Crippen LogP contribution in [0, 0.1) is 11.8 Å². The molecule has 63 heavy (non-hydrogen) atoms. The first-order valence-corrected chi connectivity index (χ1v) is 25.8. The van der Waals surface area contributed by atoms with E-state index in [0.29, 0.717) is 44.6 Å². The van der Waals surface area contributed by atoms with Gasteiger partial charge in [0.25, 0.3) is 0 Å². The highest BCUT2D eigenvalue weighted by molar-refractivity contribution is 5.71. The molecule has 12 nitrogen and oxygen atoms in total. The Morgan fingerprint density at radius 3 is 1.08 bits per heavy atom. The summed E-state index contributed by atoms with van der Waals surface area (Å²) in [5, 5.41) is 9.40. The predicted molar refractivity (Wildman–Crippen MR) is 249 cm³/mol. The third kappa shape index (κ3) is 35.2. The van der Waals surface area contributed by atoms with Crippen LogP contribution in [0.3, 0.4) is 0 Å². The van der Waals surface area contributed by atoms with E-state index in [1.54, 1.807) is 0 Å². The number of esters is 5. The van der Waals surface area contributed by atoms with E-state index in [2.05, 4.69) is 25.7 Å². The molecule has 1 unspecified atom stereocenters. The van der Waals surface area contributed by atoms with E-state index < -0.39 is 11.9 Å². The van der Waals surface area contributed by atoms with Crippen LogP contribution < -0.4 is 0 Å². The molecule has 0 amide bonds. The number of hydrogen-bond donors (Lipinski definition) is 1. The van der Waals surface area contributed by atoms with Crippen LogP contribution in [0.1, 0.15) is 226 Å². The van der Waals surface area contributed by atoms with E-state index in [1.807, 2.05) is 0 Å². The number of nitrogens with zero attached hydrogens (tertiary/aromatic N) is 1. The topological polar surface area (TPSA) is 155 Å². The molecule has 1 saturated carbocycles. The van der Waals surface area contributed by atoms with Crippen LogP contribution in [0.5, 0.6) is 0 Å². The molecule has 0 saturated heterocycles. The summed E-state index contributed by atoms with van der Waals surface area (Å²) in [7, 11) is 0. The van der Waals surface area contributed by atoms with Gasteiger partial charge in [-0.3, -0.25) is 28.9 Å². The highest BCUT2D eigenvalue weighted by Crippen LogP contribution is 2.25. The summed E-state index contributed by atoms with van der Waals surface area (Å²) < 4.78 is 28.0. The number of ether oxygens (including phenoxy) is 5. The standard InChI is InChI=1S/C51H93NO11/c1-4-7-10-13-14-18-23-33-49(56)61-41-45(42-62-50(57)34-24-19-15-20-25-36-52(37-38-53)46-29-27-30-46)43-63-51(58)35-26-28-44(39-59-47(54)31-21-16-11-8-5-2)40-60-48(55)32-22-17-12-9-6-3/h44-46,53H,4-43H2,1-3H3. The molecule has 1 N–H and O–H groups in total. The Bertz CT molecular complexity index is 1120. The minimum atomic E-state index is -0.496. The van der Waals surface area contributed by atoms with Gasteiger partial charge in [-0.15, -0.1) is 0 Å². The normalized spacial score (nSPS) is 13.2. The van der Waals surface area contributed by atoms with Gasteiger partial charge in [-0.2, -0.15) is 0 Å². The van der Waals surface area contributed by atoms with Crippen molar-refractivity contribution < 1.29 is 52.8 Å². The van der Waals surface area contributed by atoms with Crippen molar-refractivity contribution in [2.75, 3.05) is 52.7 Å². The smallest absolute Gasteiger partial charge is 0.305 e. The predicted octanol–water partition coefficient (Wildman–Crippen LogP) is 11.2. The first-order chi connectivity index (χ1) is 30.7. The van der Waals surface area contributed by atoms with Crippen LogP contribution >= 0.6 is 0 Å². The molecule has 0 radical (unpaired) electrons. The van der Waals surface area contributed by atoms with Gasteiger partial charge in [0, 0.05) is 50.6 Å². The van der Waals surface area contributed by atoms with Crippen LogP contribution in [0.4, 0.5) is 0 Å². The molecule has 0 spiro atoms. The van der Waals surface area contributed by atoms with Crippen molar-refractivity contribution in [1.82, 2.24) is 4.90 Å². The summed E-state index contributed by atoms with van der Waals surface area (Å²) in [5.74, 6) is -2.31. The number of unbranched alkanes of at least 4 members (excludes halogenated alkanes) is 18. The lowest BCUT2D eigenvalue weighted by Gasteiger charge is -2.37. The Kier molecular flexibility index (Phi) is 38.8. The molecule has 0 aromatic carbocycles. The highest BCUT2D eigenvalue weighted by atomic mass is 16.6. The fourth-order valence-electron chi connectivity index (χ4n) is 7.75. The van der Waals surface area contributed by atoms with Crippen LogP contribution in [0.15, 0.2) is 0 Å². The molecule has 1 rings (SSSR count). The summed E-state index contributed by atoms with van der Waals surface area (Å²) in [5.41, 5.74) is 0. The summed E-state index contributed by atoms with van der Waals surface area (Å²) in [6.45, 7) is 8.60. The Morgan fingerprint density at radius 2 is 0.746 bits per heavy atom. The average Bonchev–Trinajstić information content (AvgIpc) is 3.25. The SMILES string of the molecule is CCCCCCCCCC(=O)OCC(COC(=O)CCCCCCCN(CCO)C1CCC1)COC(=O)CCCC(COC(=O)CCCCCCC)COC(=O)CCCCCCC. The Hall–Kier alpha value is -2.73. The van der Waals surface area contributed by atoms with Gasteiger partial charge in [0.2, 0.25) is 0 Å². The lowest BCUT2D eigenvalue weighted by molar-refractivity contribution is -0.155. The Labute approximate surface area is 383 Å². The summed E-state index contributed by atoms with van der Waals surface area (Å²) in [4.78, 5) is 65.6. The third-order valence-electron chi connectivity index (χ3n) is 12.2. The van der Waals surface area contributed by atoms with Gasteiger partial charge in [-0.05, 0) is 64.3 Å². The molecule has 0 bridgehead atoms. The maximum atomic E-state index is 12.9. The molecule has 1 atom stereocenters. The minimum Gasteiger partial charge on any atom is -0.465 e. The van der Waals surface area contributed by atoms with Crippen molar-refractivity contribution >= 4 is 29.8 Å². The van der Waals surface area contributed by atoms with E-state index in [9.17, 15) is 29.1 Å². The maximum Gasteiger partial charge on any atom is 0.305 e. The summed E-state index contributed by atoms with van der Waals surface area (Å²) in [6, 6.07) is 0.628. The van der Waals surface area contributed by atoms with Gasteiger partial charge in [-0.25, -0.2) is 0 Å². The summed E-state index contributed by atoms with van der Waals surface area (Å²) in [6.07, 6.45) is 29.0. The lowest BCUT2D eigenvalue weighted by Crippen LogP contribution is -2.42. The van der Waals surface area contributed by atoms with E-state index in [0.717, 1.165) is 129 Å². The van der Waals surface area contributed by atoms with Crippen molar-refractivity contribution in [2.24, 2.45) is 11.8 Å². The lowest BCUT2D eigenvalue weighted by atomic mass is 9.91. The van der Waals surface area contributed by atoms with E-state index in [4.69, 9.17) is 23.7 Å². The average molecular weight is 896 g/mol. The van der Waals surface area contributed by atoms with Crippen molar-refractivity contribution in [1.29, 1.82) is 0 Å². The number of rotatable bonds is 45. The van der Waals surface area contributed by atoms with Gasteiger partial charge in [0.15, 0.2) is 0 Å². The van der Waals surface area contributed by atoms with Crippen LogP contribution in [-0.4, -0.2) is 98.6 Å². The zero-order valence-corrected chi connectivity index (χ0v) is 40.5. The van der Waals surface area contributed by atoms with Crippen LogP contribution in [0.25, 0.3) is 0 Å². The van der Waals surface area contributed by atoms with Crippen LogP contribution in [0.2, 0.25) is 0 Å². The third-order valence-corrected chi connectivity index (χ3v) is 12.2. The second-order valence-corrected chi connectivity index (χ2v) is 18.1. The Morgan fingerprint density at radius 1 is 0.429 bits per heavy atom. The molecule has 1 aliphatic carbocycles. The van der Waals surface area contributed by atoms with Crippen molar-refractivity contribution in [3.8, 4) is 0 Å². The molecular formula is C51H93NO11. The van der Waals surface area contributed by atoms with E-state index >= 15 is 0 Å². The zero-order chi connectivity index (χ0) is 46.0. The first-order valence-electron chi connectivity index (χ1n) is 25.8. The summed E-state index contributed by atoms with van der Waals surface area (Å²) >= 11 is 0. The molecule has 1 fully saturated rings. The maximum absolute atomic E-state index is 12.9. The van der Waals surface area contributed by atoms with Gasteiger partial charge in [0.05, 0.1) is 25.7 Å². The molecular weight excluding hydrogens is 803 g/mol. The molecule has 0 aromatic heterocycles. The molecule has 0 heterocycles. The fraction of sp³-hybridized carbons (Fsp3) is 0.902. The number of aliphatic hydroxyl groups is 1. The number of hydrogen-bond acceptors (Lipinski definition) is 12. The quantitative estimate of drug-likeness (QED) is 0.0351. The molecule has 368 valence electrons. The Balaban J connectivity index is 2.60. The number of carbonyl (C=O) groups excluding carboxylic acids is 5. The first kappa shape index (κ1) is 58.3. The molecule has 0 aromatic rings. The monoisotopic (exact) mass is 896 g/mol. The van der Waals surface area contributed by atoms with Gasteiger partial charge in [-0.1, -0.05) is 136 Å². The van der Waals surface area contributed by atoms with Gasteiger partial charge >= 0.3 is 29.8 Å². The number of aliphatic hydroxyl groups excluding tert-OH is 1. The molecule has 1 aliphatic rings. The van der Waals surface area contributed by atoms with Crippen molar-refractivity contribution in [2.45, 2.75) is 232 Å². The zero-order valence-electron chi connectivity index (χ0n) is 40.5. The van der Waals surface area contributed by atoms with E-state index in [-0.39, 0.29) is 75.9 Å². The highest BCUT2D eigenvalue weighted by Gasteiger charge is 2.24. The van der Waals surface area contributed by atoms with Gasteiger partial charge < -0.3 is 28.8 Å². The van der Waals surface area contributed by atoms with Gasteiger partial charge in [0.1, 0.15) is 19.8 Å².